The third-order valence-electron chi connectivity index (χ3n) is 3.37. The van der Waals surface area contributed by atoms with E-state index in [9.17, 15) is 9.59 Å². The number of thiocarbonyl (C=S) groups is 1. The molecular weight excluding hydrogens is 356 g/mol. The smallest absolute Gasteiger partial charge is 0.285 e. The first-order chi connectivity index (χ1) is 12.0. The van der Waals surface area contributed by atoms with Gasteiger partial charge in [0.1, 0.15) is 5.76 Å². The fourth-order valence-corrected chi connectivity index (χ4v) is 3.20. The van der Waals surface area contributed by atoms with E-state index in [1.165, 1.54) is 0 Å². The summed E-state index contributed by atoms with van der Waals surface area (Å²) in [6.07, 6.45) is 6.64. The predicted molar refractivity (Wildman–Crippen MR) is 102 cm³/mol. The van der Waals surface area contributed by atoms with Crippen molar-refractivity contribution in [2.24, 2.45) is 0 Å². The zero-order valence-corrected chi connectivity index (χ0v) is 14.9. The molecule has 5 nitrogen and oxygen atoms in total. The van der Waals surface area contributed by atoms with Crippen molar-refractivity contribution in [3.63, 3.8) is 0 Å². The topological polar surface area (TPSA) is 62.6 Å². The Hall–Kier alpha value is -2.64. The highest BCUT2D eigenvalue weighted by molar-refractivity contribution is 8.26. The standard InChI is InChI=1S/C18H14N2O3S2/c1-12-7-9-13(10-8-12)16(21)19-20-17(22)15(25-18(20)24)6-2-4-14-5-3-11-23-14/h2-11H,1H3,(H,19,21)/b4-2+,15-6+. The van der Waals surface area contributed by atoms with E-state index >= 15 is 0 Å². The number of aryl methyl sites for hydroxylation is 1. The molecule has 0 atom stereocenters. The van der Waals surface area contributed by atoms with Crippen molar-refractivity contribution in [2.75, 3.05) is 0 Å². The number of rotatable bonds is 4. The first kappa shape index (κ1) is 17.2. The maximum Gasteiger partial charge on any atom is 0.285 e. The van der Waals surface area contributed by atoms with Crippen LogP contribution in [0.3, 0.4) is 0 Å². The Kier molecular flexibility index (Phi) is 5.16. The van der Waals surface area contributed by atoms with Crippen LogP contribution in [0.4, 0.5) is 0 Å². The average Bonchev–Trinajstić information content (AvgIpc) is 3.20. The molecule has 0 unspecified atom stereocenters. The van der Waals surface area contributed by atoms with Crippen LogP contribution in [-0.4, -0.2) is 21.1 Å². The summed E-state index contributed by atoms with van der Waals surface area (Å²) < 4.78 is 5.46. The lowest BCUT2D eigenvalue weighted by Crippen LogP contribution is -2.44. The Balaban J connectivity index is 1.68. The first-order valence-electron chi connectivity index (χ1n) is 7.40. The van der Waals surface area contributed by atoms with Gasteiger partial charge in [-0.05, 0) is 55.6 Å². The lowest BCUT2D eigenvalue weighted by Gasteiger charge is -2.15. The van der Waals surface area contributed by atoms with Gasteiger partial charge in [-0.2, -0.15) is 5.01 Å². The highest BCUT2D eigenvalue weighted by atomic mass is 32.2. The Bertz CT molecular complexity index is 868. The molecule has 1 aromatic carbocycles. The Labute approximate surface area is 154 Å². The van der Waals surface area contributed by atoms with Gasteiger partial charge in [-0.1, -0.05) is 35.5 Å². The summed E-state index contributed by atoms with van der Waals surface area (Å²) >= 11 is 6.31. The number of hydrogen-bond acceptors (Lipinski definition) is 5. The fourth-order valence-electron chi connectivity index (χ4n) is 2.07. The summed E-state index contributed by atoms with van der Waals surface area (Å²) in [5.74, 6) is -0.0670. The maximum absolute atomic E-state index is 12.4. The molecule has 0 aliphatic carbocycles. The lowest BCUT2D eigenvalue weighted by atomic mass is 10.1. The van der Waals surface area contributed by atoms with E-state index in [1.807, 2.05) is 19.1 Å². The van der Waals surface area contributed by atoms with Crippen LogP contribution in [0.1, 0.15) is 21.7 Å². The second-order valence-corrected chi connectivity index (χ2v) is 6.90. The minimum atomic E-state index is -0.385. The molecule has 2 aromatic rings. The first-order valence-corrected chi connectivity index (χ1v) is 8.63. The number of furan rings is 1. The number of nitrogens with zero attached hydrogens (tertiary/aromatic N) is 1. The van der Waals surface area contributed by atoms with Gasteiger partial charge in [-0.3, -0.25) is 15.0 Å². The number of carbonyl (C=O) groups is 2. The number of carbonyl (C=O) groups excluding carboxylic acids is 2. The monoisotopic (exact) mass is 370 g/mol. The molecule has 25 heavy (non-hydrogen) atoms. The van der Waals surface area contributed by atoms with E-state index in [0.717, 1.165) is 22.3 Å². The Morgan fingerprint density at radius 3 is 2.72 bits per heavy atom. The summed E-state index contributed by atoms with van der Waals surface area (Å²) in [5, 5.41) is 1.09. The molecule has 7 heteroatoms. The molecule has 1 aromatic heterocycles. The molecule has 1 aliphatic rings. The number of benzene rings is 1. The van der Waals surface area contributed by atoms with Crippen LogP contribution < -0.4 is 5.43 Å². The fraction of sp³-hybridized carbons (Fsp3) is 0.0556. The maximum atomic E-state index is 12.4. The van der Waals surface area contributed by atoms with Gasteiger partial charge < -0.3 is 4.42 Å². The minimum absolute atomic E-state index is 0.281. The van der Waals surface area contributed by atoms with E-state index in [2.05, 4.69) is 5.43 Å². The molecule has 2 heterocycles. The van der Waals surface area contributed by atoms with E-state index < -0.39 is 0 Å². The van der Waals surface area contributed by atoms with Crippen LogP contribution in [-0.2, 0) is 4.79 Å². The van der Waals surface area contributed by atoms with Crippen molar-refractivity contribution in [1.29, 1.82) is 0 Å². The summed E-state index contributed by atoms with van der Waals surface area (Å²) in [6.45, 7) is 1.94. The van der Waals surface area contributed by atoms with Crippen LogP contribution in [0, 0.1) is 6.92 Å². The lowest BCUT2D eigenvalue weighted by molar-refractivity contribution is -0.123. The van der Waals surface area contributed by atoms with Crippen LogP contribution in [0.5, 0.6) is 0 Å². The number of allylic oxidation sites excluding steroid dienone is 2. The minimum Gasteiger partial charge on any atom is -0.465 e. The molecule has 3 rings (SSSR count). The number of hydrazine groups is 1. The zero-order valence-electron chi connectivity index (χ0n) is 13.3. The van der Waals surface area contributed by atoms with Gasteiger partial charge in [0, 0.05) is 5.56 Å². The van der Waals surface area contributed by atoms with Crippen molar-refractivity contribution in [3.8, 4) is 0 Å². The molecule has 0 radical (unpaired) electrons. The predicted octanol–water partition coefficient (Wildman–Crippen LogP) is 3.69. The highest BCUT2D eigenvalue weighted by Gasteiger charge is 2.33. The van der Waals surface area contributed by atoms with Crippen molar-refractivity contribution in [3.05, 3.63) is 76.6 Å². The summed E-state index contributed by atoms with van der Waals surface area (Å²) in [7, 11) is 0. The molecule has 2 amide bonds. The Morgan fingerprint density at radius 2 is 2.04 bits per heavy atom. The van der Waals surface area contributed by atoms with Gasteiger partial charge in [0.2, 0.25) is 0 Å². The molecule has 1 saturated heterocycles. The van der Waals surface area contributed by atoms with Gasteiger partial charge in [0.25, 0.3) is 11.8 Å². The van der Waals surface area contributed by atoms with Crippen molar-refractivity contribution < 1.29 is 14.0 Å². The van der Waals surface area contributed by atoms with E-state index in [0.29, 0.717) is 16.2 Å². The van der Waals surface area contributed by atoms with E-state index in [1.54, 1.807) is 48.8 Å². The van der Waals surface area contributed by atoms with Gasteiger partial charge in [-0.25, -0.2) is 0 Å². The molecule has 0 spiro atoms. The number of hydrogen-bond donors (Lipinski definition) is 1. The molecule has 1 N–H and O–H groups in total. The van der Waals surface area contributed by atoms with Gasteiger partial charge in [-0.15, -0.1) is 0 Å². The SMILES string of the molecule is Cc1ccc(C(=O)NN2C(=O)/C(=C\C=C\c3ccco3)SC2=S)cc1. The van der Waals surface area contributed by atoms with Crippen molar-refractivity contribution in [2.45, 2.75) is 6.92 Å². The molecular formula is C18H14N2O3S2. The molecule has 126 valence electrons. The average molecular weight is 370 g/mol. The Morgan fingerprint density at radius 1 is 1.28 bits per heavy atom. The normalized spacial score (nSPS) is 16.2. The third kappa shape index (κ3) is 4.07. The summed E-state index contributed by atoms with van der Waals surface area (Å²) in [6, 6.07) is 10.6. The second-order valence-electron chi connectivity index (χ2n) is 5.22. The summed E-state index contributed by atoms with van der Waals surface area (Å²) in [4.78, 5) is 25.1. The number of nitrogens with one attached hydrogen (secondary N) is 1. The van der Waals surface area contributed by atoms with Gasteiger partial charge in [0.05, 0.1) is 11.2 Å². The quantitative estimate of drug-likeness (QED) is 0.657. The van der Waals surface area contributed by atoms with Crippen LogP contribution in [0.2, 0.25) is 0 Å². The number of thioether (sulfide) groups is 1. The van der Waals surface area contributed by atoms with Crippen molar-refractivity contribution in [1.82, 2.24) is 10.4 Å². The number of amides is 2. The highest BCUT2D eigenvalue weighted by Crippen LogP contribution is 2.29. The summed E-state index contributed by atoms with van der Waals surface area (Å²) in [5.41, 5.74) is 4.06. The van der Waals surface area contributed by atoms with Crippen LogP contribution in [0.25, 0.3) is 6.08 Å². The second kappa shape index (κ2) is 7.50. The van der Waals surface area contributed by atoms with E-state index in [4.69, 9.17) is 16.6 Å². The van der Waals surface area contributed by atoms with Gasteiger partial charge in [0.15, 0.2) is 4.32 Å². The van der Waals surface area contributed by atoms with Gasteiger partial charge >= 0.3 is 0 Å². The van der Waals surface area contributed by atoms with E-state index in [-0.39, 0.29) is 16.1 Å². The molecule has 1 fully saturated rings. The molecule has 0 saturated carbocycles. The zero-order chi connectivity index (χ0) is 17.8. The largest absolute Gasteiger partial charge is 0.465 e. The van der Waals surface area contributed by atoms with Crippen LogP contribution in [0.15, 0.2) is 64.1 Å². The third-order valence-corrected chi connectivity index (χ3v) is 4.69. The molecule has 1 aliphatic heterocycles. The molecule has 0 bridgehead atoms. The van der Waals surface area contributed by atoms with Crippen LogP contribution >= 0.6 is 24.0 Å². The van der Waals surface area contributed by atoms with Crippen molar-refractivity contribution >= 4 is 46.2 Å².